The van der Waals surface area contributed by atoms with Gasteiger partial charge in [-0.1, -0.05) is 46.6 Å². The van der Waals surface area contributed by atoms with Gasteiger partial charge < -0.3 is 60.7 Å². The van der Waals surface area contributed by atoms with Crippen LogP contribution in [-0.2, 0) is 9.59 Å². The molecular formula is C59H75ClN14O4S2. The number of hydrogen-bond donors (Lipinski definition) is 6. The Bertz CT molecular complexity index is 3270. The Labute approximate surface area is 488 Å². The van der Waals surface area contributed by atoms with E-state index in [9.17, 15) is 9.59 Å². The number of hydrogen-bond acceptors (Lipinski definition) is 15. The topological polar surface area (TPSA) is 211 Å². The Kier molecular flexibility index (Phi) is 24.1. The second-order valence-electron chi connectivity index (χ2n) is 18.7. The normalized spacial score (nSPS) is 14.6. The van der Waals surface area contributed by atoms with Crippen molar-refractivity contribution < 1.29 is 19.1 Å². The van der Waals surface area contributed by atoms with Crippen LogP contribution in [0.1, 0.15) is 47.0 Å². The molecule has 4 aromatic heterocycles. The number of halogens is 1. The third-order valence-electron chi connectivity index (χ3n) is 13.2. The smallest absolute Gasteiger partial charge is 0.247 e. The zero-order valence-electron chi connectivity index (χ0n) is 45.0. The minimum atomic E-state index is -0.509. The maximum Gasteiger partial charge on any atom is 0.247 e. The third-order valence-corrected chi connectivity index (χ3v) is 13.4. The number of nitrogens with one attached hydrogen (secondary N) is 5. The molecule has 2 fully saturated rings. The molecule has 10 rings (SSSR count). The highest BCUT2D eigenvalue weighted by Gasteiger charge is 2.27. The van der Waals surface area contributed by atoms with Crippen LogP contribution in [0.25, 0.3) is 22.1 Å². The van der Waals surface area contributed by atoms with E-state index >= 15 is 0 Å². The number of likely N-dealkylation sites (N-methyl/N-ethyl adjacent to an activating group) is 2. The first-order valence-corrected chi connectivity index (χ1v) is 26.2. The van der Waals surface area contributed by atoms with Crippen molar-refractivity contribution >= 4 is 118 Å². The molecule has 7 N–H and O–H groups in total. The standard InChI is InChI=1S/C29H33N7O2.C26H31N7O.C3H3ClO.CH4.2H2S/c1-4-16-36-17-14-23(19-36)35(3)22-11-9-20(10-12-22)32-29-33-27-25(13-15-30-27)28(34-29)38-24-8-6-7-21(18-24)31-26(37)5-2;1-3-14-33-15-12-21(17-33)32(2)20-9-7-19(8-10-20)29-26-30-24-23(11-13-28-24)25(31-26)34-22-6-4-5-18(27)16-22;1-2-3(4)5;;;/h5-13,15,18,23H,2,4,14,16-17,19H2,1,3H3,(H,31,37)(H2,30,32,33,34);4-11,13,16,21H,3,12,14-15,17,27H2,1-2H3,(H2,28,29,30,31);2H,1H2;1H4;2*1H2/t23-;21-;;;;/m00..../s1. The van der Waals surface area contributed by atoms with E-state index in [4.69, 9.17) is 26.8 Å². The zero-order valence-corrected chi connectivity index (χ0v) is 47.8. The highest BCUT2D eigenvalue weighted by atomic mass is 35.5. The highest BCUT2D eigenvalue weighted by molar-refractivity contribution is 7.59. The molecule has 1 amide bonds. The molecular weight excluding hydrogens is 1070 g/mol. The number of carbonyl (C=O) groups excluding carboxylic acids is 2. The van der Waals surface area contributed by atoms with Crippen molar-refractivity contribution in [1.29, 1.82) is 0 Å². The number of aromatic nitrogens is 6. The Hall–Kier alpha value is -7.75. The first-order valence-electron chi connectivity index (χ1n) is 25.8. The largest absolute Gasteiger partial charge is 0.438 e. The number of nitrogens with zero attached hydrogens (tertiary/aromatic N) is 8. The quantitative estimate of drug-likeness (QED) is 0.0253. The van der Waals surface area contributed by atoms with Crippen molar-refractivity contribution in [2.45, 2.75) is 59.0 Å². The number of rotatable bonds is 19. The molecule has 0 aliphatic carbocycles. The Morgan fingerprint density at radius 2 is 1.12 bits per heavy atom. The summed E-state index contributed by atoms with van der Waals surface area (Å²) in [5.74, 6) is 2.62. The second kappa shape index (κ2) is 30.6. The van der Waals surface area contributed by atoms with E-state index in [2.05, 4.69) is 143 Å². The van der Waals surface area contributed by atoms with Crippen LogP contribution in [0, 0.1) is 0 Å². The minimum absolute atomic E-state index is 0. The summed E-state index contributed by atoms with van der Waals surface area (Å²) in [4.78, 5) is 55.7. The Morgan fingerprint density at radius 1 is 0.675 bits per heavy atom. The molecule has 2 atom stereocenters. The molecule has 18 nitrogen and oxygen atoms in total. The van der Waals surface area contributed by atoms with Gasteiger partial charge in [-0.05, 0) is 147 Å². The molecule has 0 saturated carbocycles. The van der Waals surface area contributed by atoms with E-state index in [0.717, 1.165) is 41.3 Å². The average molecular weight is 1140 g/mol. The van der Waals surface area contributed by atoms with Gasteiger partial charge in [0.05, 0.1) is 10.8 Å². The summed E-state index contributed by atoms with van der Waals surface area (Å²) in [5, 5.41) is 10.4. The van der Waals surface area contributed by atoms with Gasteiger partial charge in [-0.15, -0.1) is 0 Å². The van der Waals surface area contributed by atoms with Gasteiger partial charge in [0, 0.05) is 111 Å². The van der Waals surface area contributed by atoms with E-state index in [1.54, 1.807) is 36.5 Å². The molecule has 8 aromatic rings. The van der Waals surface area contributed by atoms with Crippen LogP contribution in [0.3, 0.4) is 0 Å². The van der Waals surface area contributed by atoms with Crippen LogP contribution in [0.15, 0.2) is 147 Å². The molecule has 2 aliphatic heterocycles. The van der Waals surface area contributed by atoms with Crippen LogP contribution in [-0.4, -0.2) is 116 Å². The number of nitrogen functional groups attached to an aromatic ring is 1. The van der Waals surface area contributed by atoms with Crippen molar-refractivity contribution in [2.75, 3.05) is 84.8 Å². The van der Waals surface area contributed by atoms with Crippen LogP contribution in [0.5, 0.6) is 23.3 Å². The van der Waals surface area contributed by atoms with Gasteiger partial charge in [0.2, 0.25) is 34.8 Å². The first-order chi connectivity index (χ1) is 37.4. The average Bonchev–Trinajstić information content (AvgIpc) is 4.30. The van der Waals surface area contributed by atoms with Gasteiger partial charge >= 0.3 is 0 Å². The summed E-state index contributed by atoms with van der Waals surface area (Å²) in [7, 11) is 4.36. The van der Waals surface area contributed by atoms with Crippen molar-refractivity contribution in [3.05, 3.63) is 147 Å². The lowest BCUT2D eigenvalue weighted by molar-refractivity contribution is -0.112. The van der Waals surface area contributed by atoms with Crippen molar-refractivity contribution in [1.82, 2.24) is 39.7 Å². The van der Waals surface area contributed by atoms with Crippen molar-refractivity contribution in [3.8, 4) is 23.3 Å². The van der Waals surface area contributed by atoms with Crippen LogP contribution in [0.4, 0.5) is 46.0 Å². The number of anilines is 8. The number of aromatic amines is 2. The lowest BCUT2D eigenvalue weighted by atomic mass is 10.2. The van der Waals surface area contributed by atoms with Crippen LogP contribution >= 0.6 is 38.6 Å². The monoisotopic (exact) mass is 1140 g/mol. The van der Waals surface area contributed by atoms with Crippen LogP contribution in [0.2, 0.25) is 0 Å². The summed E-state index contributed by atoms with van der Waals surface area (Å²) in [5.41, 5.74) is 12.7. The second-order valence-corrected chi connectivity index (χ2v) is 19.1. The molecule has 0 spiro atoms. The molecule has 0 unspecified atom stereocenters. The maximum atomic E-state index is 11.7. The number of amides is 1. The predicted molar refractivity (Wildman–Crippen MR) is 339 cm³/mol. The van der Waals surface area contributed by atoms with E-state index in [-0.39, 0.29) is 40.3 Å². The van der Waals surface area contributed by atoms with E-state index in [1.165, 1.54) is 69.3 Å². The summed E-state index contributed by atoms with van der Waals surface area (Å²) in [6, 6.07) is 36.0. The zero-order chi connectivity index (χ0) is 54.3. The molecule has 0 bridgehead atoms. The number of H-pyrrole nitrogens is 2. The Balaban J connectivity index is 0.000000263. The van der Waals surface area contributed by atoms with Gasteiger partial charge in [-0.3, -0.25) is 9.59 Å². The molecule has 21 heteroatoms. The van der Waals surface area contributed by atoms with Gasteiger partial charge in [0.15, 0.2) is 0 Å². The first kappa shape index (κ1) is 63.1. The maximum absolute atomic E-state index is 11.7. The highest BCUT2D eigenvalue weighted by Crippen LogP contribution is 2.33. The number of ether oxygens (including phenoxy) is 2. The van der Waals surface area contributed by atoms with Gasteiger partial charge in [0.25, 0.3) is 0 Å². The number of nitrogens with two attached hydrogens (primary N) is 1. The Morgan fingerprint density at radius 3 is 1.55 bits per heavy atom. The van der Waals surface area contributed by atoms with Gasteiger partial charge in [0.1, 0.15) is 22.8 Å². The van der Waals surface area contributed by atoms with Gasteiger partial charge in [-0.25, -0.2) is 0 Å². The molecule has 2 aliphatic rings. The molecule has 2 saturated heterocycles. The fourth-order valence-electron chi connectivity index (χ4n) is 9.26. The number of benzene rings is 4. The van der Waals surface area contributed by atoms with E-state index < -0.39 is 5.24 Å². The molecule has 6 heterocycles. The number of allylic oxidation sites excluding steroid dienone is 1. The predicted octanol–water partition coefficient (Wildman–Crippen LogP) is 12.3. The van der Waals surface area contributed by atoms with Crippen LogP contribution < -0.4 is 41.0 Å². The summed E-state index contributed by atoms with van der Waals surface area (Å²) in [6.07, 6.45) is 10.7. The third kappa shape index (κ3) is 17.1. The fourth-order valence-corrected chi connectivity index (χ4v) is 9.26. The molecule has 424 valence electrons. The molecule has 4 aromatic carbocycles. The lowest BCUT2D eigenvalue weighted by Gasteiger charge is -2.27. The molecule has 0 radical (unpaired) electrons. The van der Waals surface area contributed by atoms with Crippen molar-refractivity contribution in [3.63, 3.8) is 0 Å². The summed E-state index contributed by atoms with van der Waals surface area (Å²) < 4.78 is 12.2. The van der Waals surface area contributed by atoms with Gasteiger partial charge in [-0.2, -0.15) is 46.9 Å². The minimum Gasteiger partial charge on any atom is -0.438 e. The molecule has 80 heavy (non-hydrogen) atoms. The number of likely N-dealkylation sites (tertiary alicyclic amines) is 2. The number of fused-ring (bicyclic) bond motifs is 2. The van der Waals surface area contributed by atoms with E-state index in [0.29, 0.717) is 69.9 Å². The summed E-state index contributed by atoms with van der Waals surface area (Å²) in [6.45, 7) is 18.0. The fraction of sp³-hybridized carbons (Fsp3) is 0.288. The van der Waals surface area contributed by atoms with E-state index in [1.807, 2.05) is 48.7 Å². The summed E-state index contributed by atoms with van der Waals surface area (Å²) >= 11 is 4.71. The lowest BCUT2D eigenvalue weighted by Crippen LogP contribution is -2.34. The van der Waals surface area contributed by atoms with Crippen molar-refractivity contribution in [2.24, 2.45) is 0 Å². The SMILES string of the molecule is C.C=CC(=O)Cl.C=CC(=O)Nc1cccc(Oc2nc(Nc3ccc(N(C)[C@H]4CCN(CCC)C4)cc3)nc3[nH]ccc23)c1.CCCN1CC[C@H](N(C)c2ccc(Nc3nc(Oc4cccc(N)c4)c4cc[nH]c4n3)cc2)C1.S.S. The number of carbonyl (C=O) groups is 2.